The molecule has 3 rings (SSSR count). The number of amides is 5. The summed E-state index contributed by atoms with van der Waals surface area (Å²) in [5.41, 5.74) is 0. The Morgan fingerprint density at radius 3 is 2.16 bits per heavy atom. The van der Waals surface area contributed by atoms with Crippen LogP contribution in [0.1, 0.15) is 38.5 Å². The van der Waals surface area contributed by atoms with Gasteiger partial charge >= 0.3 is 5.97 Å². The Morgan fingerprint density at radius 2 is 1.55 bits per heavy atom. The molecule has 3 aliphatic heterocycles. The topological polar surface area (TPSA) is 165 Å². The molecule has 0 bridgehead atoms. The van der Waals surface area contributed by atoms with E-state index in [1.165, 1.54) is 9.80 Å². The van der Waals surface area contributed by atoms with E-state index in [-0.39, 0.29) is 30.7 Å². The number of carbonyl (C=O) groups is 6. The van der Waals surface area contributed by atoms with Crippen molar-refractivity contribution in [2.75, 3.05) is 26.2 Å². The number of hydrogen-bond donors (Lipinski definition) is 4. The lowest BCUT2D eigenvalue weighted by Crippen LogP contribution is -2.55. The molecule has 4 N–H and O–H groups in total. The maximum Gasteiger partial charge on any atom is 0.322 e. The Labute approximate surface area is 178 Å². The maximum atomic E-state index is 13.2. The van der Waals surface area contributed by atoms with Gasteiger partial charge in [0.2, 0.25) is 29.5 Å². The average Bonchev–Trinajstić information content (AvgIpc) is 3.49. The molecule has 3 fully saturated rings. The third-order valence-corrected chi connectivity index (χ3v) is 5.81. The van der Waals surface area contributed by atoms with Gasteiger partial charge in [0, 0.05) is 19.5 Å². The quantitative estimate of drug-likeness (QED) is 0.344. The van der Waals surface area contributed by atoms with E-state index in [1.807, 2.05) is 0 Å². The van der Waals surface area contributed by atoms with E-state index in [0.717, 1.165) is 0 Å². The Morgan fingerprint density at radius 1 is 0.903 bits per heavy atom. The molecule has 0 radical (unpaired) electrons. The summed E-state index contributed by atoms with van der Waals surface area (Å²) in [7, 11) is 0. The molecule has 0 aromatic carbocycles. The lowest BCUT2D eigenvalue weighted by molar-refractivity contribution is -0.147. The van der Waals surface area contributed by atoms with E-state index in [4.69, 9.17) is 5.11 Å². The first kappa shape index (κ1) is 22.5. The van der Waals surface area contributed by atoms with Crippen LogP contribution in [0.5, 0.6) is 0 Å². The van der Waals surface area contributed by atoms with Crippen LogP contribution in [-0.2, 0) is 28.8 Å². The van der Waals surface area contributed by atoms with Gasteiger partial charge in [0.25, 0.3) is 0 Å². The number of aliphatic carboxylic acids is 1. The third-order valence-electron chi connectivity index (χ3n) is 5.81. The molecule has 5 amide bonds. The Balaban J connectivity index is 1.57. The van der Waals surface area contributed by atoms with E-state index in [2.05, 4.69) is 16.0 Å². The molecule has 3 saturated heterocycles. The number of carboxylic acid groups (broad SMARTS) is 1. The van der Waals surface area contributed by atoms with Gasteiger partial charge < -0.3 is 30.9 Å². The number of carboxylic acids is 1. The standard InChI is InChI=1S/C19H27N5O7/c25-14-6-5-11(22-14)18(30)24-8-2-4-13(24)19(31)23-7-1-3-12(23)17(29)21-9-15(26)20-10-16(27)28/h11-13H,1-10H2,(H,20,26)(H,21,29)(H,22,25)(H,27,28)/t11-,12-,13-/m0/s1. The summed E-state index contributed by atoms with van der Waals surface area (Å²) in [5, 5.41) is 15.8. The second-order valence-electron chi connectivity index (χ2n) is 7.93. The summed E-state index contributed by atoms with van der Waals surface area (Å²) in [6.45, 7) is -0.132. The molecule has 3 atom stereocenters. The molecule has 3 aliphatic rings. The van der Waals surface area contributed by atoms with Gasteiger partial charge in [-0.3, -0.25) is 28.8 Å². The number of carbonyl (C=O) groups excluding carboxylic acids is 5. The van der Waals surface area contributed by atoms with Crippen molar-refractivity contribution in [1.29, 1.82) is 0 Å². The van der Waals surface area contributed by atoms with Crippen LogP contribution in [-0.4, -0.2) is 94.7 Å². The highest BCUT2D eigenvalue weighted by Crippen LogP contribution is 2.26. The number of nitrogens with zero attached hydrogens (tertiary/aromatic N) is 2. The van der Waals surface area contributed by atoms with Gasteiger partial charge in [-0.2, -0.15) is 0 Å². The summed E-state index contributed by atoms with van der Waals surface area (Å²) >= 11 is 0. The predicted octanol–water partition coefficient (Wildman–Crippen LogP) is -2.44. The summed E-state index contributed by atoms with van der Waals surface area (Å²) in [5.74, 6) is -3.07. The fourth-order valence-electron chi connectivity index (χ4n) is 4.30. The van der Waals surface area contributed by atoms with Gasteiger partial charge in [0.05, 0.1) is 6.54 Å². The normalized spacial score (nSPS) is 25.3. The molecule has 0 aromatic heterocycles. The molecule has 31 heavy (non-hydrogen) atoms. The van der Waals surface area contributed by atoms with E-state index >= 15 is 0 Å². The molecular weight excluding hydrogens is 410 g/mol. The summed E-state index contributed by atoms with van der Waals surface area (Å²) in [6, 6.07) is -2.02. The first-order chi connectivity index (χ1) is 14.8. The number of hydrogen-bond acceptors (Lipinski definition) is 6. The van der Waals surface area contributed by atoms with Crippen LogP contribution in [0.2, 0.25) is 0 Å². The average molecular weight is 437 g/mol. The van der Waals surface area contributed by atoms with Crippen molar-refractivity contribution in [2.24, 2.45) is 0 Å². The van der Waals surface area contributed by atoms with Crippen molar-refractivity contribution < 1.29 is 33.9 Å². The highest BCUT2D eigenvalue weighted by atomic mass is 16.4. The number of rotatable bonds is 7. The predicted molar refractivity (Wildman–Crippen MR) is 104 cm³/mol. The molecule has 12 heteroatoms. The maximum absolute atomic E-state index is 13.2. The lowest BCUT2D eigenvalue weighted by Gasteiger charge is -2.32. The zero-order valence-electron chi connectivity index (χ0n) is 17.1. The van der Waals surface area contributed by atoms with Crippen molar-refractivity contribution in [3.05, 3.63) is 0 Å². The number of likely N-dealkylation sites (tertiary alicyclic amines) is 2. The van der Waals surface area contributed by atoms with Gasteiger partial charge in [-0.15, -0.1) is 0 Å². The highest BCUT2D eigenvalue weighted by Gasteiger charge is 2.44. The zero-order chi connectivity index (χ0) is 22.5. The van der Waals surface area contributed by atoms with Gasteiger partial charge in [0.15, 0.2) is 0 Å². The fraction of sp³-hybridized carbons (Fsp3) is 0.684. The van der Waals surface area contributed by atoms with Gasteiger partial charge in [0.1, 0.15) is 24.7 Å². The van der Waals surface area contributed by atoms with Crippen molar-refractivity contribution in [1.82, 2.24) is 25.8 Å². The zero-order valence-corrected chi connectivity index (χ0v) is 17.1. The Kier molecular flexibility index (Phi) is 7.08. The molecular formula is C19H27N5O7. The SMILES string of the molecule is O=C(O)CNC(=O)CNC(=O)[C@@H]1CCCN1C(=O)[C@@H]1CCCN1C(=O)[C@@H]1CCC(=O)N1. The van der Waals surface area contributed by atoms with E-state index in [9.17, 15) is 28.8 Å². The van der Waals surface area contributed by atoms with E-state index < -0.39 is 42.5 Å². The minimum absolute atomic E-state index is 0.177. The van der Waals surface area contributed by atoms with Crippen molar-refractivity contribution >= 4 is 35.5 Å². The Bertz CT molecular complexity index is 786. The summed E-state index contributed by atoms with van der Waals surface area (Å²) < 4.78 is 0. The van der Waals surface area contributed by atoms with Crippen molar-refractivity contribution in [3.63, 3.8) is 0 Å². The molecule has 0 spiro atoms. The fourth-order valence-corrected chi connectivity index (χ4v) is 4.30. The van der Waals surface area contributed by atoms with Crippen LogP contribution in [0.4, 0.5) is 0 Å². The van der Waals surface area contributed by atoms with E-state index in [0.29, 0.717) is 45.2 Å². The first-order valence-corrected chi connectivity index (χ1v) is 10.4. The monoisotopic (exact) mass is 437 g/mol. The molecule has 0 aliphatic carbocycles. The minimum Gasteiger partial charge on any atom is -0.480 e. The molecule has 170 valence electrons. The minimum atomic E-state index is -1.19. The summed E-state index contributed by atoms with van der Waals surface area (Å²) in [4.78, 5) is 75.0. The lowest BCUT2D eigenvalue weighted by atomic mass is 10.1. The van der Waals surface area contributed by atoms with Crippen molar-refractivity contribution in [2.45, 2.75) is 56.7 Å². The second-order valence-corrected chi connectivity index (χ2v) is 7.93. The van der Waals surface area contributed by atoms with Crippen LogP contribution in [0, 0.1) is 0 Å². The second kappa shape index (κ2) is 9.75. The van der Waals surface area contributed by atoms with Crippen molar-refractivity contribution in [3.8, 4) is 0 Å². The molecule has 12 nitrogen and oxygen atoms in total. The van der Waals surface area contributed by atoms with Crippen LogP contribution >= 0.6 is 0 Å². The third kappa shape index (κ3) is 5.30. The van der Waals surface area contributed by atoms with Crippen LogP contribution in [0.3, 0.4) is 0 Å². The van der Waals surface area contributed by atoms with Gasteiger partial charge in [-0.25, -0.2) is 0 Å². The molecule has 3 heterocycles. The van der Waals surface area contributed by atoms with Crippen LogP contribution in [0.25, 0.3) is 0 Å². The highest BCUT2D eigenvalue weighted by molar-refractivity contribution is 5.96. The van der Waals surface area contributed by atoms with Crippen LogP contribution in [0.15, 0.2) is 0 Å². The molecule has 0 saturated carbocycles. The largest absolute Gasteiger partial charge is 0.480 e. The van der Waals surface area contributed by atoms with Crippen LogP contribution < -0.4 is 16.0 Å². The Hall–Kier alpha value is -3.18. The van der Waals surface area contributed by atoms with E-state index in [1.54, 1.807) is 0 Å². The van der Waals surface area contributed by atoms with Gasteiger partial charge in [-0.05, 0) is 32.1 Å². The molecule has 0 aromatic rings. The van der Waals surface area contributed by atoms with Gasteiger partial charge in [-0.1, -0.05) is 0 Å². The molecule has 0 unspecified atom stereocenters. The smallest absolute Gasteiger partial charge is 0.322 e. The summed E-state index contributed by atoms with van der Waals surface area (Å²) in [6.07, 6.45) is 2.91. The number of nitrogens with one attached hydrogen (secondary N) is 3. The first-order valence-electron chi connectivity index (χ1n) is 10.4.